The quantitative estimate of drug-likeness (QED) is 0.470. The highest BCUT2D eigenvalue weighted by Gasteiger charge is 2.33. The lowest BCUT2D eigenvalue weighted by atomic mass is 9.85. The largest absolute Gasteiger partial charge is 0.573 e. The number of carbonyl (C=O) groups is 1. The number of nitrogens with zero attached hydrogens (tertiary/aromatic N) is 4. The van der Waals surface area contributed by atoms with Crippen LogP contribution in [0.25, 0.3) is 0 Å². The van der Waals surface area contributed by atoms with Crippen molar-refractivity contribution in [3.63, 3.8) is 0 Å². The summed E-state index contributed by atoms with van der Waals surface area (Å²) in [6.07, 6.45) is 1.31. The molecular weight excluding hydrogens is 487 g/mol. The zero-order chi connectivity index (χ0) is 26.4. The highest BCUT2D eigenvalue weighted by molar-refractivity contribution is 5.79. The molecule has 2 aliphatic rings. The zero-order valence-electron chi connectivity index (χ0n) is 21.2. The van der Waals surface area contributed by atoms with Gasteiger partial charge in [0.2, 0.25) is 17.8 Å². The fraction of sp³-hybridized carbons (Fsp3) is 0.600. The molecule has 12 heteroatoms. The molecule has 1 saturated heterocycles. The van der Waals surface area contributed by atoms with Crippen molar-refractivity contribution in [2.24, 2.45) is 5.92 Å². The van der Waals surface area contributed by atoms with Crippen molar-refractivity contribution in [1.29, 1.82) is 0 Å². The van der Waals surface area contributed by atoms with Crippen LogP contribution < -0.4 is 25.6 Å². The second-order valence-corrected chi connectivity index (χ2v) is 9.59. The van der Waals surface area contributed by atoms with Crippen LogP contribution >= 0.6 is 0 Å². The number of aromatic nitrogens is 3. The number of carbonyl (C=O) groups excluding carboxylic acids is 1. The maximum absolute atomic E-state index is 13.1. The van der Waals surface area contributed by atoms with Crippen molar-refractivity contribution in [2.45, 2.75) is 70.8 Å². The molecule has 1 aromatic carbocycles. The van der Waals surface area contributed by atoms with Gasteiger partial charge < -0.3 is 25.6 Å². The van der Waals surface area contributed by atoms with Gasteiger partial charge >= 0.3 is 6.36 Å². The molecule has 1 aliphatic carbocycles. The third kappa shape index (κ3) is 7.59. The first kappa shape index (κ1) is 26.7. The van der Waals surface area contributed by atoms with Gasteiger partial charge in [-0.05, 0) is 51.5 Å². The van der Waals surface area contributed by atoms with Crippen LogP contribution in [0.3, 0.4) is 0 Å². The predicted molar refractivity (Wildman–Crippen MR) is 135 cm³/mol. The van der Waals surface area contributed by atoms with E-state index >= 15 is 0 Å². The molecule has 9 nitrogen and oxygen atoms in total. The summed E-state index contributed by atoms with van der Waals surface area (Å²) in [7, 11) is 1.73. The SMILES string of the molecule is CNc1nc(C)nc(NC2CCCC(C(=O)NCc3ccc(N4CCCCC4)cc3OC(F)(F)F)C2)n1. The summed E-state index contributed by atoms with van der Waals surface area (Å²) in [6.45, 7) is 3.34. The van der Waals surface area contributed by atoms with Gasteiger partial charge in [0.1, 0.15) is 11.6 Å². The highest BCUT2D eigenvalue weighted by Crippen LogP contribution is 2.32. The van der Waals surface area contributed by atoms with Crippen LogP contribution in [0.5, 0.6) is 5.75 Å². The van der Waals surface area contributed by atoms with Crippen LogP contribution in [0.2, 0.25) is 0 Å². The average Bonchev–Trinajstić information content (AvgIpc) is 2.87. The van der Waals surface area contributed by atoms with Crippen molar-refractivity contribution >= 4 is 23.5 Å². The molecule has 37 heavy (non-hydrogen) atoms. The number of benzene rings is 1. The monoisotopic (exact) mass is 521 g/mol. The summed E-state index contributed by atoms with van der Waals surface area (Å²) in [4.78, 5) is 27.9. The lowest BCUT2D eigenvalue weighted by Crippen LogP contribution is -2.37. The highest BCUT2D eigenvalue weighted by atomic mass is 19.4. The van der Waals surface area contributed by atoms with Gasteiger partial charge in [0, 0.05) is 56.0 Å². The molecule has 1 aliphatic heterocycles. The van der Waals surface area contributed by atoms with Crippen LogP contribution in [0.15, 0.2) is 18.2 Å². The standard InChI is InChI=1S/C25H34F3N7O2/c1-16-31-23(29-2)34-24(32-16)33-19-8-6-7-17(13-19)22(36)30-15-18-9-10-20(35-11-4-3-5-12-35)14-21(18)37-25(26,27)28/h9-10,14,17,19H,3-8,11-13,15H2,1-2H3,(H,30,36)(H2,29,31,32,33,34). The Kier molecular flexibility index (Phi) is 8.55. The van der Waals surface area contributed by atoms with Crippen molar-refractivity contribution < 1.29 is 22.7 Å². The van der Waals surface area contributed by atoms with Crippen molar-refractivity contribution in [1.82, 2.24) is 20.3 Å². The molecule has 3 N–H and O–H groups in total. The lowest BCUT2D eigenvalue weighted by molar-refractivity contribution is -0.274. The predicted octanol–water partition coefficient (Wildman–Crippen LogP) is 4.40. The molecule has 0 bridgehead atoms. The molecular formula is C25H34F3N7O2. The Morgan fingerprint density at radius 2 is 1.84 bits per heavy atom. The van der Waals surface area contributed by atoms with Crippen molar-refractivity contribution in [3.05, 3.63) is 29.6 Å². The Bertz CT molecular complexity index is 1080. The van der Waals surface area contributed by atoms with Gasteiger partial charge in [-0.1, -0.05) is 12.5 Å². The van der Waals surface area contributed by atoms with E-state index in [4.69, 9.17) is 0 Å². The number of anilines is 3. The van der Waals surface area contributed by atoms with Gasteiger partial charge in [-0.3, -0.25) is 4.79 Å². The van der Waals surface area contributed by atoms with E-state index in [0.29, 0.717) is 36.3 Å². The van der Waals surface area contributed by atoms with Crippen LogP contribution in [-0.4, -0.2) is 53.4 Å². The molecule has 1 saturated carbocycles. The minimum Gasteiger partial charge on any atom is -0.405 e. The van der Waals surface area contributed by atoms with Gasteiger partial charge in [-0.25, -0.2) is 0 Å². The number of ether oxygens (including phenoxy) is 1. The van der Waals surface area contributed by atoms with Gasteiger partial charge in [-0.2, -0.15) is 15.0 Å². The number of alkyl halides is 3. The van der Waals surface area contributed by atoms with Crippen molar-refractivity contribution in [3.8, 4) is 5.75 Å². The van der Waals surface area contributed by atoms with E-state index in [1.807, 2.05) is 0 Å². The summed E-state index contributed by atoms with van der Waals surface area (Å²) >= 11 is 0. The molecule has 2 heterocycles. The first-order valence-electron chi connectivity index (χ1n) is 12.8. The van der Waals surface area contributed by atoms with Crippen molar-refractivity contribution in [2.75, 3.05) is 35.7 Å². The number of halogens is 3. The molecule has 2 aromatic rings. The van der Waals surface area contributed by atoms with Crippen LogP contribution in [0.1, 0.15) is 56.3 Å². The maximum atomic E-state index is 13.1. The minimum atomic E-state index is -4.82. The maximum Gasteiger partial charge on any atom is 0.573 e. The van der Waals surface area contributed by atoms with Gasteiger partial charge in [0.15, 0.2) is 0 Å². The van der Waals surface area contributed by atoms with Gasteiger partial charge in [-0.15, -0.1) is 13.2 Å². The molecule has 0 spiro atoms. The van der Waals surface area contributed by atoms with Crippen LogP contribution in [0.4, 0.5) is 30.8 Å². The second kappa shape index (κ2) is 11.8. The Labute approximate surface area is 214 Å². The van der Waals surface area contributed by atoms with E-state index in [9.17, 15) is 18.0 Å². The van der Waals surface area contributed by atoms with E-state index in [-0.39, 0.29) is 35.7 Å². The summed E-state index contributed by atoms with van der Waals surface area (Å²) in [5.74, 6) is 0.763. The second-order valence-electron chi connectivity index (χ2n) is 9.59. The molecule has 2 fully saturated rings. The number of aryl methyl sites for hydroxylation is 1. The summed E-state index contributed by atoms with van der Waals surface area (Å²) in [5, 5.41) is 9.02. The summed E-state index contributed by atoms with van der Waals surface area (Å²) in [6, 6.07) is 4.84. The van der Waals surface area contributed by atoms with E-state index in [2.05, 4.69) is 40.5 Å². The Balaban J connectivity index is 1.38. The molecule has 0 radical (unpaired) electrons. The number of piperidine rings is 1. The number of hydrogen-bond acceptors (Lipinski definition) is 8. The Morgan fingerprint density at radius 1 is 1.08 bits per heavy atom. The number of hydrogen-bond donors (Lipinski definition) is 3. The first-order chi connectivity index (χ1) is 17.7. The molecule has 1 amide bonds. The van der Waals surface area contributed by atoms with Crippen LogP contribution in [-0.2, 0) is 11.3 Å². The molecule has 2 unspecified atom stereocenters. The molecule has 202 valence electrons. The number of rotatable bonds is 8. The van der Waals surface area contributed by atoms with E-state index < -0.39 is 6.36 Å². The average molecular weight is 522 g/mol. The smallest absolute Gasteiger partial charge is 0.405 e. The fourth-order valence-electron chi connectivity index (χ4n) is 4.98. The molecule has 1 aromatic heterocycles. The van der Waals surface area contributed by atoms with E-state index in [0.717, 1.165) is 45.2 Å². The van der Waals surface area contributed by atoms with Gasteiger partial charge in [0.05, 0.1) is 0 Å². The minimum absolute atomic E-state index is 0.00366. The Hall–Kier alpha value is -3.31. The van der Waals surface area contributed by atoms with Crippen LogP contribution in [0, 0.1) is 12.8 Å². The fourth-order valence-corrected chi connectivity index (χ4v) is 4.98. The third-order valence-electron chi connectivity index (χ3n) is 6.80. The number of nitrogens with one attached hydrogen (secondary N) is 3. The Morgan fingerprint density at radius 3 is 2.57 bits per heavy atom. The topological polar surface area (TPSA) is 104 Å². The zero-order valence-corrected chi connectivity index (χ0v) is 21.2. The third-order valence-corrected chi connectivity index (χ3v) is 6.80. The summed E-state index contributed by atoms with van der Waals surface area (Å²) < 4.78 is 43.7. The molecule has 4 rings (SSSR count). The molecule has 2 atom stereocenters. The van der Waals surface area contributed by atoms with E-state index in [1.165, 1.54) is 6.07 Å². The number of amides is 1. The lowest BCUT2D eigenvalue weighted by Gasteiger charge is -2.30. The van der Waals surface area contributed by atoms with Gasteiger partial charge in [0.25, 0.3) is 0 Å². The normalized spacial score (nSPS) is 20.3. The summed E-state index contributed by atoms with van der Waals surface area (Å²) in [5.41, 5.74) is 0.988. The van der Waals surface area contributed by atoms with E-state index in [1.54, 1.807) is 26.1 Å². The first-order valence-corrected chi connectivity index (χ1v) is 12.8.